The van der Waals surface area contributed by atoms with Gasteiger partial charge in [-0.1, -0.05) is 0 Å². The highest BCUT2D eigenvalue weighted by Gasteiger charge is 2.39. The Morgan fingerprint density at radius 1 is 0.708 bits per heavy atom. The summed E-state index contributed by atoms with van der Waals surface area (Å²) in [6, 6.07) is 0. The van der Waals surface area contributed by atoms with Crippen molar-refractivity contribution in [1.82, 2.24) is 0 Å². The maximum absolute atomic E-state index is 11.6. The fourth-order valence-electron chi connectivity index (χ4n) is 1.98. The molecular weight excluding hydrogens is 368 g/mol. The van der Waals surface area contributed by atoms with Crippen LogP contribution in [0, 0.1) is 0 Å². The second kappa shape index (κ2) is 10.6. The standard InChI is InChI=1S/C12H26O10S2/c1-17-7-9(18-2)12(22-24(6,15)16)11(20-4)10(19-3)8-21-23(5,13)14/h9-12H,7-8H2,1-6H3/t9-,10-,11-,12-/m1/s1. The molecule has 0 aliphatic heterocycles. The van der Waals surface area contributed by atoms with Crippen LogP contribution in [-0.2, 0) is 47.5 Å². The average Bonchev–Trinajstić information content (AvgIpc) is 2.45. The quantitative estimate of drug-likeness (QED) is 0.359. The molecule has 0 aliphatic rings. The molecule has 0 radical (unpaired) electrons. The predicted octanol–water partition coefficient (Wildman–Crippen LogP) is -1.00. The minimum Gasteiger partial charge on any atom is -0.382 e. The Balaban J connectivity index is 5.53. The summed E-state index contributed by atoms with van der Waals surface area (Å²) in [7, 11) is -2.22. The fraction of sp³-hybridized carbons (Fsp3) is 1.00. The zero-order valence-corrected chi connectivity index (χ0v) is 16.3. The van der Waals surface area contributed by atoms with Crippen LogP contribution < -0.4 is 0 Å². The molecule has 4 atom stereocenters. The molecular formula is C12H26O10S2. The van der Waals surface area contributed by atoms with Crippen molar-refractivity contribution in [2.45, 2.75) is 24.4 Å². The normalized spacial score (nSPS) is 18.1. The molecule has 24 heavy (non-hydrogen) atoms. The molecule has 0 N–H and O–H groups in total. The highest BCUT2D eigenvalue weighted by atomic mass is 32.2. The number of rotatable bonds is 13. The SMILES string of the molecule is COC[C@@H](OC)[C@@H](OS(C)(=O)=O)[C@H](OC)[C@@H](COS(C)(=O)=O)OC. The van der Waals surface area contributed by atoms with Crippen molar-refractivity contribution in [2.24, 2.45) is 0 Å². The van der Waals surface area contributed by atoms with E-state index in [1.165, 1.54) is 28.4 Å². The minimum atomic E-state index is -3.87. The summed E-state index contributed by atoms with van der Waals surface area (Å²) in [4.78, 5) is 0. The van der Waals surface area contributed by atoms with Crippen molar-refractivity contribution in [1.29, 1.82) is 0 Å². The molecule has 10 nitrogen and oxygen atoms in total. The molecule has 0 rings (SSSR count). The monoisotopic (exact) mass is 394 g/mol. The first-order chi connectivity index (χ1) is 11.0. The third kappa shape index (κ3) is 9.22. The molecule has 0 saturated heterocycles. The second-order valence-electron chi connectivity index (χ2n) is 4.96. The van der Waals surface area contributed by atoms with Crippen LogP contribution in [0.1, 0.15) is 0 Å². The van der Waals surface area contributed by atoms with Gasteiger partial charge in [-0.15, -0.1) is 0 Å². The molecule has 0 saturated carbocycles. The predicted molar refractivity (Wildman–Crippen MR) is 84.8 cm³/mol. The first-order valence-electron chi connectivity index (χ1n) is 6.79. The Morgan fingerprint density at radius 3 is 1.54 bits per heavy atom. The maximum Gasteiger partial charge on any atom is 0.264 e. The molecule has 0 aromatic carbocycles. The van der Waals surface area contributed by atoms with Gasteiger partial charge in [-0.05, 0) is 0 Å². The molecule has 0 heterocycles. The van der Waals surface area contributed by atoms with E-state index in [1.807, 2.05) is 0 Å². The summed E-state index contributed by atoms with van der Waals surface area (Å²) in [5, 5.41) is 0. The first kappa shape index (κ1) is 23.7. The molecule has 12 heteroatoms. The summed E-state index contributed by atoms with van der Waals surface area (Å²) in [6.07, 6.45) is -2.15. The van der Waals surface area contributed by atoms with E-state index in [0.29, 0.717) is 0 Å². The van der Waals surface area contributed by atoms with Crippen LogP contribution in [0.25, 0.3) is 0 Å². The van der Waals surface area contributed by atoms with Gasteiger partial charge in [-0.3, -0.25) is 8.37 Å². The van der Waals surface area contributed by atoms with E-state index >= 15 is 0 Å². The number of methoxy groups -OCH3 is 4. The number of hydrogen-bond donors (Lipinski definition) is 0. The second-order valence-corrected chi connectivity index (χ2v) is 8.20. The van der Waals surface area contributed by atoms with Gasteiger partial charge in [-0.2, -0.15) is 16.8 Å². The van der Waals surface area contributed by atoms with Crippen LogP contribution >= 0.6 is 0 Å². The van der Waals surface area contributed by atoms with Gasteiger partial charge < -0.3 is 18.9 Å². The summed E-state index contributed by atoms with van der Waals surface area (Å²) >= 11 is 0. The molecule has 0 spiro atoms. The van der Waals surface area contributed by atoms with Crippen molar-refractivity contribution >= 4 is 20.2 Å². The number of hydrogen-bond acceptors (Lipinski definition) is 10. The minimum absolute atomic E-state index is 0.0138. The van der Waals surface area contributed by atoms with Gasteiger partial charge >= 0.3 is 0 Å². The lowest BCUT2D eigenvalue weighted by atomic mass is 10.0. The fourth-order valence-corrected chi connectivity index (χ4v) is 2.99. The highest BCUT2D eigenvalue weighted by Crippen LogP contribution is 2.19. The molecule has 0 aliphatic carbocycles. The third-order valence-corrected chi connectivity index (χ3v) is 4.13. The van der Waals surface area contributed by atoms with Gasteiger partial charge in [0.1, 0.15) is 24.4 Å². The maximum atomic E-state index is 11.6. The van der Waals surface area contributed by atoms with Gasteiger partial charge in [0.05, 0.1) is 25.7 Å². The van der Waals surface area contributed by atoms with Crippen molar-refractivity contribution in [3.63, 3.8) is 0 Å². The Labute approximate surface area is 143 Å². The van der Waals surface area contributed by atoms with E-state index in [2.05, 4.69) is 0 Å². The highest BCUT2D eigenvalue weighted by molar-refractivity contribution is 7.86. The summed E-state index contributed by atoms with van der Waals surface area (Å²) < 4.78 is 75.9. The summed E-state index contributed by atoms with van der Waals surface area (Å²) in [6.45, 7) is -0.374. The van der Waals surface area contributed by atoms with Crippen LogP contribution in [0.5, 0.6) is 0 Å². The van der Waals surface area contributed by atoms with Crippen LogP contribution in [-0.4, -0.2) is 95.4 Å². The molecule has 0 aromatic heterocycles. The Bertz CT molecular complexity index is 544. The smallest absolute Gasteiger partial charge is 0.264 e. The van der Waals surface area contributed by atoms with Crippen molar-refractivity contribution in [2.75, 3.05) is 54.2 Å². The first-order valence-corrected chi connectivity index (χ1v) is 10.4. The molecule has 0 aromatic rings. The zero-order valence-electron chi connectivity index (χ0n) is 14.6. The molecule has 146 valence electrons. The lowest BCUT2D eigenvalue weighted by Gasteiger charge is -2.34. The van der Waals surface area contributed by atoms with Crippen molar-refractivity contribution in [3.05, 3.63) is 0 Å². The van der Waals surface area contributed by atoms with Crippen molar-refractivity contribution < 1.29 is 44.1 Å². The lowest BCUT2D eigenvalue weighted by Crippen LogP contribution is -2.52. The van der Waals surface area contributed by atoms with Crippen LogP contribution in [0.2, 0.25) is 0 Å². The van der Waals surface area contributed by atoms with Crippen molar-refractivity contribution in [3.8, 4) is 0 Å². The van der Waals surface area contributed by atoms with Gasteiger partial charge in [0, 0.05) is 28.4 Å². The zero-order chi connectivity index (χ0) is 19.0. The van der Waals surface area contributed by atoms with E-state index in [9.17, 15) is 16.8 Å². The van der Waals surface area contributed by atoms with Crippen LogP contribution in [0.4, 0.5) is 0 Å². The van der Waals surface area contributed by atoms with Gasteiger partial charge in [0.25, 0.3) is 20.2 Å². The number of ether oxygens (including phenoxy) is 4. The third-order valence-electron chi connectivity index (χ3n) is 3.00. The average molecular weight is 394 g/mol. The van der Waals surface area contributed by atoms with E-state index < -0.39 is 44.7 Å². The van der Waals surface area contributed by atoms with Gasteiger partial charge in [0.15, 0.2) is 0 Å². The Kier molecular flexibility index (Phi) is 10.5. The molecule has 0 amide bonds. The molecule has 0 bridgehead atoms. The van der Waals surface area contributed by atoms with E-state index in [4.69, 9.17) is 27.3 Å². The Morgan fingerprint density at radius 2 is 1.21 bits per heavy atom. The van der Waals surface area contributed by atoms with Crippen LogP contribution in [0.15, 0.2) is 0 Å². The molecule has 0 fully saturated rings. The molecule has 0 unspecified atom stereocenters. The van der Waals surface area contributed by atoms with E-state index in [-0.39, 0.29) is 13.2 Å². The topological polar surface area (TPSA) is 124 Å². The largest absolute Gasteiger partial charge is 0.382 e. The van der Waals surface area contributed by atoms with Crippen LogP contribution in [0.3, 0.4) is 0 Å². The van der Waals surface area contributed by atoms with Gasteiger partial charge in [-0.25, -0.2) is 0 Å². The summed E-state index contributed by atoms with van der Waals surface area (Å²) in [5.74, 6) is 0. The van der Waals surface area contributed by atoms with E-state index in [0.717, 1.165) is 12.5 Å². The lowest BCUT2D eigenvalue weighted by molar-refractivity contribution is -0.142. The van der Waals surface area contributed by atoms with E-state index in [1.54, 1.807) is 0 Å². The Hall–Kier alpha value is -0.340. The summed E-state index contributed by atoms with van der Waals surface area (Å²) in [5.41, 5.74) is 0. The van der Waals surface area contributed by atoms with Gasteiger partial charge in [0.2, 0.25) is 0 Å².